The Morgan fingerprint density at radius 3 is 2.84 bits per heavy atom. The van der Waals surface area contributed by atoms with Crippen LogP contribution < -0.4 is 5.32 Å². The highest BCUT2D eigenvalue weighted by molar-refractivity contribution is 5.85. The number of H-pyrrole nitrogens is 1. The van der Waals surface area contributed by atoms with Gasteiger partial charge in [-0.25, -0.2) is 0 Å². The third-order valence-electron chi connectivity index (χ3n) is 3.18. The lowest BCUT2D eigenvalue weighted by Crippen LogP contribution is -2.24. The molecule has 0 saturated carbocycles. The molecule has 0 amide bonds. The summed E-state index contributed by atoms with van der Waals surface area (Å²) in [4.78, 5) is 2.15. The van der Waals surface area contributed by atoms with Gasteiger partial charge >= 0.3 is 6.18 Å². The number of hydrogen-bond acceptors (Lipinski definition) is 3. The third-order valence-corrected chi connectivity index (χ3v) is 3.18. The van der Waals surface area contributed by atoms with Gasteiger partial charge in [-0.05, 0) is 38.5 Å². The fourth-order valence-corrected chi connectivity index (χ4v) is 2.34. The zero-order chi connectivity index (χ0) is 13.2. The fourth-order valence-electron chi connectivity index (χ4n) is 2.34. The minimum atomic E-state index is -4.37. The molecule has 1 aromatic rings. The van der Waals surface area contributed by atoms with Gasteiger partial charge in [-0.2, -0.15) is 18.3 Å². The largest absolute Gasteiger partial charge is 0.435 e. The fraction of sp³-hybridized carbons (Fsp3) is 0.727. The second-order valence-corrected chi connectivity index (χ2v) is 4.72. The molecule has 0 aliphatic carbocycles. The van der Waals surface area contributed by atoms with Gasteiger partial charge in [-0.15, -0.1) is 12.4 Å². The molecule has 0 spiro atoms. The Bertz CT molecular complexity index is 394. The summed E-state index contributed by atoms with van der Waals surface area (Å²) < 4.78 is 37.1. The third kappa shape index (κ3) is 4.36. The van der Waals surface area contributed by atoms with Crippen molar-refractivity contribution in [2.24, 2.45) is 5.92 Å². The molecule has 1 aliphatic heterocycles. The zero-order valence-electron chi connectivity index (χ0n) is 10.6. The SMILES string of the molecule is CNCC1CCN(Cc2cc(C(F)(F)F)n[nH]2)C1.Cl. The van der Waals surface area contributed by atoms with E-state index in [0.717, 1.165) is 32.1 Å². The molecular formula is C11H18ClF3N4. The lowest BCUT2D eigenvalue weighted by Gasteiger charge is -2.14. The van der Waals surface area contributed by atoms with Crippen molar-refractivity contribution < 1.29 is 13.2 Å². The van der Waals surface area contributed by atoms with E-state index in [1.807, 2.05) is 7.05 Å². The molecule has 110 valence electrons. The number of hydrogen-bond donors (Lipinski definition) is 2. The number of nitrogens with zero attached hydrogens (tertiary/aromatic N) is 2. The topological polar surface area (TPSA) is 44.0 Å². The number of aromatic nitrogens is 2. The molecule has 0 aromatic carbocycles. The first kappa shape index (κ1) is 16.3. The van der Waals surface area contributed by atoms with Crippen LogP contribution in [0.5, 0.6) is 0 Å². The van der Waals surface area contributed by atoms with Crippen molar-refractivity contribution in [3.63, 3.8) is 0 Å². The molecule has 1 aromatic heterocycles. The minimum absolute atomic E-state index is 0. The Morgan fingerprint density at radius 2 is 2.26 bits per heavy atom. The predicted molar refractivity (Wildman–Crippen MR) is 68.1 cm³/mol. The number of rotatable bonds is 4. The molecule has 1 saturated heterocycles. The average Bonchev–Trinajstić information content (AvgIpc) is 2.88. The highest BCUT2D eigenvalue weighted by Crippen LogP contribution is 2.28. The Morgan fingerprint density at radius 1 is 1.53 bits per heavy atom. The van der Waals surface area contributed by atoms with E-state index in [9.17, 15) is 13.2 Å². The molecule has 2 rings (SSSR count). The molecule has 1 atom stereocenters. The Kier molecular flexibility index (Phi) is 5.64. The maximum absolute atomic E-state index is 12.4. The first-order chi connectivity index (χ1) is 8.49. The second-order valence-electron chi connectivity index (χ2n) is 4.72. The van der Waals surface area contributed by atoms with Crippen molar-refractivity contribution in [2.75, 3.05) is 26.7 Å². The number of likely N-dealkylation sites (tertiary alicyclic amines) is 1. The van der Waals surface area contributed by atoms with Gasteiger partial charge in [0, 0.05) is 18.8 Å². The van der Waals surface area contributed by atoms with Crippen molar-refractivity contribution in [3.8, 4) is 0 Å². The van der Waals surface area contributed by atoms with Crippen molar-refractivity contribution in [1.82, 2.24) is 20.4 Å². The molecule has 1 unspecified atom stereocenters. The van der Waals surface area contributed by atoms with Crippen LogP contribution >= 0.6 is 12.4 Å². The quantitative estimate of drug-likeness (QED) is 0.892. The predicted octanol–water partition coefficient (Wildman–Crippen LogP) is 1.89. The Hall–Kier alpha value is -0.790. The number of alkyl halides is 3. The van der Waals surface area contributed by atoms with E-state index in [1.165, 1.54) is 0 Å². The lowest BCUT2D eigenvalue weighted by atomic mass is 10.1. The Balaban J connectivity index is 0.00000180. The van der Waals surface area contributed by atoms with Gasteiger partial charge in [-0.1, -0.05) is 0 Å². The van der Waals surface area contributed by atoms with Crippen molar-refractivity contribution in [3.05, 3.63) is 17.5 Å². The van der Waals surface area contributed by atoms with Gasteiger partial charge < -0.3 is 5.32 Å². The smallest absolute Gasteiger partial charge is 0.319 e. The van der Waals surface area contributed by atoms with Crippen LogP contribution in [0.25, 0.3) is 0 Å². The van der Waals surface area contributed by atoms with E-state index in [0.29, 0.717) is 18.2 Å². The van der Waals surface area contributed by atoms with Crippen LogP contribution in [-0.4, -0.2) is 41.8 Å². The van der Waals surface area contributed by atoms with Crippen LogP contribution in [0.2, 0.25) is 0 Å². The molecule has 2 N–H and O–H groups in total. The van der Waals surface area contributed by atoms with E-state index >= 15 is 0 Å². The molecule has 8 heteroatoms. The van der Waals surface area contributed by atoms with Crippen LogP contribution in [0.4, 0.5) is 13.2 Å². The van der Waals surface area contributed by atoms with Crippen LogP contribution in [0.3, 0.4) is 0 Å². The van der Waals surface area contributed by atoms with Crippen LogP contribution in [0.15, 0.2) is 6.07 Å². The molecule has 19 heavy (non-hydrogen) atoms. The summed E-state index contributed by atoms with van der Waals surface area (Å²) in [5, 5.41) is 8.88. The van der Waals surface area contributed by atoms with Gasteiger partial charge in [-0.3, -0.25) is 10.00 Å². The van der Waals surface area contributed by atoms with Gasteiger partial charge in [0.25, 0.3) is 0 Å². The van der Waals surface area contributed by atoms with Crippen LogP contribution in [0.1, 0.15) is 17.8 Å². The summed E-state index contributed by atoms with van der Waals surface area (Å²) in [6, 6.07) is 1.09. The van der Waals surface area contributed by atoms with E-state index < -0.39 is 11.9 Å². The summed E-state index contributed by atoms with van der Waals surface area (Å²) in [7, 11) is 1.91. The summed E-state index contributed by atoms with van der Waals surface area (Å²) in [5.74, 6) is 0.583. The number of halogens is 4. The van der Waals surface area contributed by atoms with Gasteiger partial charge in [0.2, 0.25) is 0 Å². The van der Waals surface area contributed by atoms with E-state index in [-0.39, 0.29) is 12.4 Å². The standard InChI is InChI=1S/C11H17F3N4.ClH/c1-15-5-8-2-3-18(6-8)7-9-4-10(17-16-9)11(12,13)14;/h4,8,15H,2-3,5-7H2,1H3,(H,16,17);1H. The maximum atomic E-state index is 12.4. The average molecular weight is 299 g/mol. The van der Waals surface area contributed by atoms with Crippen molar-refractivity contribution in [2.45, 2.75) is 19.1 Å². The van der Waals surface area contributed by atoms with Crippen LogP contribution in [0, 0.1) is 5.92 Å². The Labute approximate surface area is 116 Å². The highest BCUT2D eigenvalue weighted by atomic mass is 35.5. The molecule has 1 aliphatic rings. The first-order valence-corrected chi connectivity index (χ1v) is 5.97. The van der Waals surface area contributed by atoms with Gasteiger partial charge in [0.05, 0.1) is 0 Å². The molecular weight excluding hydrogens is 281 g/mol. The lowest BCUT2D eigenvalue weighted by molar-refractivity contribution is -0.141. The van der Waals surface area contributed by atoms with Crippen molar-refractivity contribution in [1.29, 1.82) is 0 Å². The zero-order valence-corrected chi connectivity index (χ0v) is 11.4. The molecule has 0 bridgehead atoms. The summed E-state index contributed by atoms with van der Waals surface area (Å²) in [6.07, 6.45) is -3.28. The van der Waals surface area contributed by atoms with Crippen LogP contribution in [-0.2, 0) is 12.7 Å². The van der Waals surface area contributed by atoms with E-state index in [1.54, 1.807) is 0 Å². The van der Waals surface area contributed by atoms with E-state index in [4.69, 9.17) is 0 Å². The maximum Gasteiger partial charge on any atom is 0.435 e. The number of nitrogens with one attached hydrogen (secondary N) is 2. The van der Waals surface area contributed by atoms with Gasteiger partial charge in [0.1, 0.15) is 0 Å². The minimum Gasteiger partial charge on any atom is -0.319 e. The van der Waals surface area contributed by atoms with Crippen molar-refractivity contribution >= 4 is 12.4 Å². The molecule has 0 radical (unpaired) electrons. The summed E-state index contributed by atoms with van der Waals surface area (Å²) in [5.41, 5.74) is -0.323. The summed E-state index contributed by atoms with van der Waals surface area (Å²) in [6.45, 7) is 3.30. The summed E-state index contributed by atoms with van der Waals surface area (Å²) >= 11 is 0. The molecule has 4 nitrogen and oxygen atoms in total. The van der Waals surface area contributed by atoms with E-state index in [2.05, 4.69) is 20.4 Å². The molecule has 1 fully saturated rings. The number of aromatic amines is 1. The first-order valence-electron chi connectivity index (χ1n) is 5.97. The normalized spacial score (nSPS) is 20.5. The highest BCUT2D eigenvalue weighted by Gasteiger charge is 2.34. The van der Waals surface area contributed by atoms with Gasteiger partial charge in [0.15, 0.2) is 5.69 Å². The monoisotopic (exact) mass is 298 g/mol. The second kappa shape index (κ2) is 6.58. The molecule has 2 heterocycles.